The second-order valence-electron chi connectivity index (χ2n) is 5.45. The van der Waals surface area contributed by atoms with Gasteiger partial charge in [-0.2, -0.15) is 0 Å². The number of methoxy groups -OCH3 is 1. The Hall–Kier alpha value is -0.730. The summed E-state index contributed by atoms with van der Waals surface area (Å²) >= 11 is 6.11. The molecule has 1 aromatic rings. The average Bonchev–Trinajstić information content (AvgIpc) is 2.84. The Kier molecular flexibility index (Phi) is 5.53. The van der Waals surface area contributed by atoms with Gasteiger partial charge in [0.1, 0.15) is 5.75 Å². The molecule has 3 unspecified atom stereocenters. The molecule has 0 aromatic heterocycles. The summed E-state index contributed by atoms with van der Waals surface area (Å²) in [6.07, 6.45) is 5.26. The zero-order chi connectivity index (χ0) is 13.7. The van der Waals surface area contributed by atoms with Crippen LogP contribution in [0.1, 0.15) is 31.7 Å². The third-order valence-corrected chi connectivity index (χ3v) is 4.25. The first-order valence-corrected chi connectivity index (χ1v) is 7.59. The number of halogens is 1. The highest BCUT2D eigenvalue weighted by Crippen LogP contribution is 2.27. The van der Waals surface area contributed by atoms with Gasteiger partial charge in [-0.25, -0.2) is 0 Å². The van der Waals surface area contributed by atoms with Gasteiger partial charge in [-0.3, -0.25) is 0 Å². The Balaban J connectivity index is 1.87. The Morgan fingerprint density at radius 2 is 2.05 bits per heavy atom. The fourth-order valence-corrected chi connectivity index (χ4v) is 2.96. The van der Waals surface area contributed by atoms with E-state index in [1.165, 1.54) is 18.4 Å². The van der Waals surface area contributed by atoms with Gasteiger partial charge in [-0.15, -0.1) is 11.6 Å². The maximum absolute atomic E-state index is 6.11. The fourth-order valence-electron chi connectivity index (χ4n) is 2.73. The summed E-state index contributed by atoms with van der Waals surface area (Å²) in [6.45, 7) is 2.15. The molecule has 1 aromatic carbocycles. The number of hydrogen-bond donors (Lipinski definition) is 0. The lowest BCUT2D eigenvalue weighted by atomic mass is 9.94. The molecule has 0 N–H and O–H groups in total. The van der Waals surface area contributed by atoms with Gasteiger partial charge >= 0.3 is 0 Å². The van der Waals surface area contributed by atoms with Crippen LogP contribution in [0.5, 0.6) is 5.75 Å². The van der Waals surface area contributed by atoms with E-state index in [0.29, 0.717) is 24.0 Å². The Morgan fingerprint density at radius 3 is 2.58 bits per heavy atom. The molecule has 0 saturated carbocycles. The third-order valence-electron chi connectivity index (χ3n) is 3.82. The molecule has 2 rings (SSSR count). The van der Waals surface area contributed by atoms with Crippen molar-refractivity contribution < 1.29 is 9.47 Å². The molecule has 3 heteroatoms. The van der Waals surface area contributed by atoms with E-state index < -0.39 is 0 Å². The van der Waals surface area contributed by atoms with Crippen LogP contribution in [0.15, 0.2) is 24.3 Å². The Bertz CT molecular complexity index is 377. The maximum atomic E-state index is 6.11. The molecule has 1 aliphatic rings. The van der Waals surface area contributed by atoms with E-state index in [-0.39, 0.29) is 0 Å². The molecule has 1 aliphatic heterocycles. The van der Waals surface area contributed by atoms with Crippen LogP contribution in [0.4, 0.5) is 0 Å². The van der Waals surface area contributed by atoms with Crippen molar-refractivity contribution in [2.45, 2.75) is 44.8 Å². The van der Waals surface area contributed by atoms with Crippen LogP contribution >= 0.6 is 11.6 Å². The summed E-state index contributed by atoms with van der Waals surface area (Å²) in [5, 5.41) is 0. The van der Waals surface area contributed by atoms with Crippen molar-refractivity contribution in [3.8, 4) is 5.75 Å². The van der Waals surface area contributed by atoms with E-state index in [2.05, 4.69) is 19.1 Å². The van der Waals surface area contributed by atoms with Crippen molar-refractivity contribution in [2.75, 3.05) is 13.0 Å². The van der Waals surface area contributed by atoms with Crippen molar-refractivity contribution in [1.82, 2.24) is 0 Å². The quantitative estimate of drug-likeness (QED) is 0.733. The van der Waals surface area contributed by atoms with Crippen LogP contribution < -0.4 is 4.74 Å². The van der Waals surface area contributed by atoms with Crippen LogP contribution in [0.3, 0.4) is 0 Å². The highest BCUT2D eigenvalue weighted by Gasteiger charge is 2.24. The number of hydrogen-bond acceptors (Lipinski definition) is 2. The SMILES string of the molecule is COc1ccc(CC(CCl)CC2CCC(C)O2)cc1. The first kappa shape index (κ1) is 14.7. The van der Waals surface area contributed by atoms with Crippen LogP contribution in [0.25, 0.3) is 0 Å². The van der Waals surface area contributed by atoms with E-state index in [4.69, 9.17) is 21.1 Å². The van der Waals surface area contributed by atoms with Gasteiger partial charge in [0.05, 0.1) is 19.3 Å². The summed E-state index contributed by atoms with van der Waals surface area (Å²) in [7, 11) is 1.69. The lowest BCUT2D eigenvalue weighted by Crippen LogP contribution is -2.17. The predicted molar refractivity (Wildman–Crippen MR) is 79.1 cm³/mol. The Labute approximate surface area is 121 Å². The second-order valence-corrected chi connectivity index (χ2v) is 5.76. The molecular weight excluding hydrogens is 260 g/mol. The van der Waals surface area contributed by atoms with Gasteiger partial charge in [-0.1, -0.05) is 12.1 Å². The van der Waals surface area contributed by atoms with E-state index in [1.54, 1.807) is 7.11 Å². The number of ether oxygens (including phenoxy) is 2. The second kappa shape index (κ2) is 7.16. The van der Waals surface area contributed by atoms with Crippen LogP contribution in [-0.2, 0) is 11.2 Å². The summed E-state index contributed by atoms with van der Waals surface area (Å²) < 4.78 is 11.1. The van der Waals surface area contributed by atoms with Crippen molar-refractivity contribution >= 4 is 11.6 Å². The average molecular weight is 283 g/mol. The highest BCUT2D eigenvalue weighted by atomic mass is 35.5. The van der Waals surface area contributed by atoms with Gasteiger partial charge in [-0.05, 0) is 56.2 Å². The van der Waals surface area contributed by atoms with Gasteiger partial charge in [0.25, 0.3) is 0 Å². The van der Waals surface area contributed by atoms with E-state index in [1.807, 2.05) is 12.1 Å². The molecule has 1 saturated heterocycles. The normalized spacial score (nSPS) is 24.4. The van der Waals surface area contributed by atoms with Crippen LogP contribution in [0.2, 0.25) is 0 Å². The topological polar surface area (TPSA) is 18.5 Å². The summed E-state index contributed by atoms with van der Waals surface area (Å²) in [4.78, 5) is 0. The monoisotopic (exact) mass is 282 g/mol. The molecule has 0 aliphatic carbocycles. The van der Waals surface area contributed by atoms with E-state index in [9.17, 15) is 0 Å². The zero-order valence-corrected chi connectivity index (χ0v) is 12.5. The van der Waals surface area contributed by atoms with Gasteiger partial charge in [0.15, 0.2) is 0 Å². The molecule has 0 amide bonds. The maximum Gasteiger partial charge on any atom is 0.118 e. The Morgan fingerprint density at radius 1 is 1.32 bits per heavy atom. The number of rotatable bonds is 6. The smallest absolute Gasteiger partial charge is 0.118 e. The summed E-state index contributed by atoms with van der Waals surface area (Å²) in [6, 6.07) is 8.26. The first-order chi connectivity index (χ1) is 9.21. The van der Waals surface area contributed by atoms with Crippen molar-refractivity contribution in [3.05, 3.63) is 29.8 Å². The molecule has 0 bridgehead atoms. The molecule has 2 nitrogen and oxygen atoms in total. The largest absolute Gasteiger partial charge is 0.497 e. The van der Waals surface area contributed by atoms with Crippen molar-refractivity contribution in [3.63, 3.8) is 0 Å². The molecule has 106 valence electrons. The van der Waals surface area contributed by atoms with Gasteiger partial charge < -0.3 is 9.47 Å². The molecule has 0 radical (unpaired) electrons. The van der Waals surface area contributed by atoms with Gasteiger partial charge in [0.2, 0.25) is 0 Å². The highest BCUT2D eigenvalue weighted by molar-refractivity contribution is 6.18. The molecule has 0 spiro atoms. The van der Waals surface area contributed by atoms with Gasteiger partial charge in [0, 0.05) is 5.88 Å². The minimum Gasteiger partial charge on any atom is -0.497 e. The summed E-state index contributed by atoms with van der Waals surface area (Å²) in [5.41, 5.74) is 1.32. The molecule has 1 heterocycles. The van der Waals surface area contributed by atoms with Crippen LogP contribution in [-0.4, -0.2) is 25.2 Å². The standard InChI is InChI=1S/C16H23ClO2/c1-12-3-6-16(19-12)10-14(11-17)9-13-4-7-15(18-2)8-5-13/h4-5,7-8,12,14,16H,3,6,9-11H2,1-2H3. The van der Waals surface area contributed by atoms with Crippen LogP contribution in [0, 0.1) is 5.92 Å². The predicted octanol–water partition coefficient (Wildman–Crippen LogP) is 4.05. The first-order valence-electron chi connectivity index (χ1n) is 7.05. The van der Waals surface area contributed by atoms with Crippen molar-refractivity contribution in [2.24, 2.45) is 5.92 Å². The molecular formula is C16H23ClO2. The molecule has 19 heavy (non-hydrogen) atoms. The number of benzene rings is 1. The zero-order valence-electron chi connectivity index (χ0n) is 11.8. The fraction of sp³-hybridized carbons (Fsp3) is 0.625. The minimum atomic E-state index is 0.400. The molecule has 3 atom stereocenters. The molecule has 1 fully saturated rings. The minimum absolute atomic E-state index is 0.400. The van der Waals surface area contributed by atoms with E-state index >= 15 is 0 Å². The lowest BCUT2D eigenvalue weighted by molar-refractivity contribution is 0.0426. The third kappa shape index (κ3) is 4.39. The summed E-state index contributed by atoms with van der Waals surface area (Å²) in [5.74, 6) is 2.09. The van der Waals surface area contributed by atoms with Crippen molar-refractivity contribution in [1.29, 1.82) is 0 Å². The van der Waals surface area contributed by atoms with E-state index in [0.717, 1.165) is 18.6 Å². The lowest BCUT2D eigenvalue weighted by Gasteiger charge is -2.19. The number of alkyl halides is 1.